The SMILES string of the molecule is COc1ccccc1NC(=O)[C@H](C)OC(=O)C[C@H]1CCS(=O)(=O)C1. The first-order chi connectivity index (χ1) is 11.3. The van der Waals surface area contributed by atoms with Gasteiger partial charge in [0.15, 0.2) is 15.9 Å². The van der Waals surface area contributed by atoms with Crippen LogP contribution in [-0.2, 0) is 24.2 Å². The lowest BCUT2D eigenvalue weighted by Crippen LogP contribution is -2.30. The van der Waals surface area contributed by atoms with Crippen LogP contribution in [0.15, 0.2) is 24.3 Å². The second-order valence-electron chi connectivity index (χ2n) is 5.79. The number of hydrogen-bond acceptors (Lipinski definition) is 6. The van der Waals surface area contributed by atoms with Gasteiger partial charge < -0.3 is 14.8 Å². The minimum Gasteiger partial charge on any atom is -0.495 e. The van der Waals surface area contributed by atoms with Crippen molar-refractivity contribution in [2.45, 2.75) is 25.9 Å². The standard InChI is InChI=1S/C16H21NO6S/c1-11(16(19)17-13-5-3-4-6-14(13)22-2)23-15(18)9-12-7-8-24(20,21)10-12/h3-6,11-12H,7-10H2,1-2H3,(H,17,19)/t11-,12+/m0/s1. The molecule has 7 nitrogen and oxygen atoms in total. The number of anilines is 1. The third-order valence-electron chi connectivity index (χ3n) is 3.82. The number of benzene rings is 1. The first-order valence-corrected chi connectivity index (χ1v) is 9.46. The smallest absolute Gasteiger partial charge is 0.306 e. The molecule has 0 bridgehead atoms. The average molecular weight is 355 g/mol. The van der Waals surface area contributed by atoms with Crippen molar-refractivity contribution in [2.24, 2.45) is 5.92 Å². The van der Waals surface area contributed by atoms with Crippen molar-refractivity contribution < 1.29 is 27.5 Å². The van der Waals surface area contributed by atoms with E-state index in [0.29, 0.717) is 17.9 Å². The van der Waals surface area contributed by atoms with Gasteiger partial charge in [-0.05, 0) is 31.4 Å². The Labute approximate surface area is 141 Å². The van der Waals surface area contributed by atoms with Crippen molar-refractivity contribution in [3.63, 3.8) is 0 Å². The summed E-state index contributed by atoms with van der Waals surface area (Å²) < 4.78 is 33.0. The fourth-order valence-electron chi connectivity index (χ4n) is 2.55. The molecule has 0 radical (unpaired) electrons. The van der Waals surface area contributed by atoms with Crippen LogP contribution < -0.4 is 10.1 Å². The predicted octanol–water partition coefficient (Wildman–Crippen LogP) is 1.39. The van der Waals surface area contributed by atoms with Crippen LogP contribution in [0.1, 0.15) is 19.8 Å². The molecular weight excluding hydrogens is 334 g/mol. The van der Waals surface area contributed by atoms with Crippen LogP contribution >= 0.6 is 0 Å². The minimum absolute atomic E-state index is 0.00386. The molecule has 0 spiro atoms. The van der Waals surface area contributed by atoms with Gasteiger partial charge in [0.1, 0.15) is 5.75 Å². The zero-order valence-electron chi connectivity index (χ0n) is 13.7. The second-order valence-corrected chi connectivity index (χ2v) is 8.02. The molecule has 2 atom stereocenters. The normalized spacial score (nSPS) is 20.2. The molecule has 1 amide bonds. The first-order valence-electron chi connectivity index (χ1n) is 7.64. The van der Waals surface area contributed by atoms with Crippen LogP contribution in [0.4, 0.5) is 5.69 Å². The van der Waals surface area contributed by atoms with E-state index in [2.05, 4.69) is 5.32 Å². The summed E-state index contributed by atoms with van der Waals surface area (Å²) in [5.41, 5.74) is 0.481. The van der Waals surface area contributed by atoms with Gasteiger partial charge >= 0.3 is 5.97 Å². The summed E-state index contributed by atoms with van der Waals surface area (Å²) in [6, 6.07) is 6.89. The maximum Gasteiger partial charge on any atom is 0.306 e. The Balaban J connectivity index is 1.86. The molecule has 1 aliphatic rings. The van der Waals surface area contributed by atoms with Gasteiger partial charge in [0.05, 0.1) is 24.3 Å². The molecule has 1 aliphatic heterocycles. The summed E-state index contributed by atoms with van der Waals surface area (Å²) >= 11 is 0. The van der Waals surface area contributed by atoms with Crippen LogP contribution in [0, 0.1) is 5.92 Å². The number of esters is 1. The quantitative estimate of drug-likeness (QED) is 0.774. The molecule has 0 saturated carbocycles. The lowest BCUT2D eigenvalue weighted by Gasteiger charge is -2.16. The fraction of sp³-hybridized carbons (Fsp3) is 0.500. The highest BCUT2D eigenvalue weighted by Gasteiger charge is 2.30. The number of para-hydroxylation sites is 2. The molecule has 1 saturated heterocycles. The highest BCUT2D eigenvalue weighted by molar-refractivity contribution is 7.91. The van der Waals surface area contributed by atoms with E-state index in [1.807, 2.05) is 0 Å². The lowest BCUT2D eigenvalue weighted by atomic mass is 10.1. The molecule has 2 rings (SSSR count). The Morgan fingerprint density at radius 2 is 2.04 bits per heavy atom. The number of amides is 1. The predicted molar refractivity (Wildman–Crippen MR) is 88.6 cm³/mol. The van der Waals surface area contributed by atoms with Crippen molar-refractivity contribution in [3.8, 4) is 5.75 Å². The maximum atomic E-state index is 12.1. The van der Waals surface area contributed by atoms with Crippen LogP contribution in [0.5, 0.6) is 5.75 Å². The van der Waals surface area contributed by atoms with Gasteiger partial charge in [0.2, 0.25) is 0 Å². The molecule has 1 aromatic rings. The summed E-state index contributed by atoms with van der Waals surface area (Å²) in [5.74, 6) is -0.669. The Bertz CT molecular complexity index is 715. The number of methoxy groups -OCH3 is 1. The van der Waals surface area contributed by atoms with E-state index in [4.69, 9.17) is 9.47 Å². The van der Waals surface area contributed by atoms with E-state index < -0.39 is 27.8 Å². The van der Waals surface area contributed by atoms with Crippen molar-refractivity contribution in [1.29, 1.82) is 0 Å². The number of ether oxygens (including phenoxy) is 2. The molecule has 8 heteroatoms. The molecule has 0 aromatic heterocycles. The van der Waals surface area contributed by atoms with Crippen molar-refractivity contribution in [3.05, 3.63) is 24.3 Å². The number of nitrogens with one attached hydrogen (secondary N) is 1. The number of carbonyl (C=O) groups is 2. The Kier molecular flexibility index (Phi) is 5.82. The van der Waals surface area contributed by atoms with Gasteiger partial charge in [0, 0.05) is 6.42 Å². The first kappa shape index (κ1) is 18.3. The average Bonchev–Trinajstić information content (AvgIpc) is 2.86. The van der Waals surface area contributed by atoms with E-state index in [1.165, 1.54) is 14.0 Å². The third kappa shape index (κ3) is 4.95. The second kappa shape index (κ2) is 7.65. The summed E-state index contributed by atoms with van der Waals surface area (Å²) in [4.78, 5) is 24.0. The zero-order chi connectivity index (χ0) is 17.7. The molecular formula is C16H21NO6S. The van der Waals surface area contributed by atoms with Crippen molar-refractivity contribution in [2.75, 3.05) is 23.9 Å². The minimum atomic E-state index is -3.04. The highest BCUT2D eigenvalue weighted by Crippen LogP contribution is 2.24. The molecule has 132 valence electrons. The Hall–Kier alpha value is -2.09. The van der Waals surface area contributed by atoms with Crippen LogP contribution in [0.2, 0.25) is 0 Å². The van der Waals surface area contributed by atoms with Crippen LogP contribution in [0.25, 0.3) is 0 Å². The van der Waals surface area contributed by atoms with E-state index in [1.54, 1.807) is 24.3 Å². The zero-order valence-corrected chi connectivity index (χ0v) is 14.5. The molecule has 1 aromatic carbocycles. The van der Waals surface area contributed by atoms with Gasteiger partial charge in [-0.2, -0.15) is 0 Å². The summed E-state index contributed by atoms with van der Waals surface area (Å²) in [6.45, 7) is 1.47. The number of rotatable bonds is 6. The van der Waals surface area contributed by atoms with Gasteiger partial charge in [-0.25, -0.2) is 8.42 Å². The van der Waals surface area contributed by atoms with Crippen LogP contribution in [-0.4, -0.2) is 45.0 Å². The topological polar surface area (TPSA) is 98.8 Å². The van der Waals surface area contributed by atoms with Crippen LogP contribution in [0.3, 0.4) is 0 Å². The monoisotopic (exact) mass is 355 g/mol. The van der Waals surface area contributed by atoms with E-state index >= 15 is 0 Å². The Morgan fingerprint density at radius 1 is 1.33 bits per heavy atom. The maximum absolute atomic E-state index is 12.1. The number of sulfone groups is 1. The summed E-state index contributed by atoms with van der Waals surface area (Å²) in [5, 5.41) is 2.64. The lowest BCUT2D eigenvalue weighted by molar-refractivity contribution is -0.153. The molecule has 0 unspecified atom stereocenters. The largest absolute Gasteiger partial charge is 0.495 e. The van der Waals surface area contributed by atoms with E-state index in [-0.39, 0.29) is 23.8 Å². The van der Waals surface area contributed by atoms with Crippen molar-refractivity contribution in [1.82, 2.24) is 0 Å². The van der Waals surface area contributed by atoms with E-state index in [9.17, 15) is 18.0 Å². The van der Waals surface area contributed by atoms with Gasteiger partial charge in [-0.3, -0.25) is 9.59 Å². The fourth-order valence-corrected chi connectivity index (χ4v) is 4.41. The molecule has 1 N–H and O–H groups in total. The number of hydrogen-bond donors (Lipinski definition) is 1. The van der Waals surface area contributed by atoms with Gasteiger partial charge in [-0.1, -0.05) is 12.1 Å². The molecule has 0 aliphatic carbocycles. The molecule has 24 heavy (non-hydrogen) atoms. The van der Waals surface area contributed by atoms with Crippen molar-refractivity contribution >= 4 is 27.4 Å². The number of carbonyl (C=O) groups excluding carboxylic acids is 2. The summed E-state index contributed by atoms with van der Waals surface area (Å²) in [7, 11) is -1.55. The molecule has 1 fully saturated rings. The Morgan fingerprint density at radius 3 is 2.67 bits per heavy atom. The highest BCUT2D eigenvalue weighted by atomic mass is 32.2. The van der Waals surface area contributed by atoms with Gasteiger partial charge in [0.25, 0.3) is 5.91 Å². The molecule has 1 heterocycles. The van der Waals surface area contributed by atoms with Gasteiger partial charge in [-0.15, -0.1) is 0 Å². The third-order valence-corrected chi connectivity index (χ3v) is 5.66. The summed E-state index contributed by atoms with van der Waals surface area (Å²) in [6.07, 6.45) is -0.523. The van der Waals surface area contributed by atoms with E-state index in [0.717, 1.165) is 0 Å².